The van der Waals surface area contributed by atoms with Gasteiger partial charge in [0.05, 0.1) is 0 Å². The summed E-state index contributed by atoms with van der Waals surface area (Å²) >= 11 is 0. The van der Waals surface area contributed by atoms with E-state index in [1.54, 1.807) is 41.5 Å². The van der Waals surface area contributed by atoms with Crippen molar-refractivity contribution >= 4 is 5.97 Å². The molecule has 0 aromatic rings. The van der Waals surface area contributed by atoms with Gasteiger partial charge in [0, 0.05) is 5.92 Å². The van der Waals surface area contributed by atoms with Gasteiger partial charge in [-0.25, -0.2) is 0 Å². The van der Waals surface area contributed by atoms with E-state index in [1.807, 2.05) is 0 Å². The van der Waals surface area contributed by atoms with Crippen LogP contribution in [-0.4, -0.2) is 43.1 Å². The van der Waals surface area contributed by atoms with Gasteiger partial charge in [0.15, 0.2) is 11.7 Å². The Kier molecular flexibility index (Phi) is 4.12. The number of aliphatic carboxylic acids is 1. The van der Waals surface area contributed by atoms with E-state index in [0.717, 1.165) is 0 Å². The molecule has 0 bridgehead atoms. The zero-order valence-corrected chi connectivity index (χ0v) is 13.4. The Morgan fingerprint density at radius 2 is 1.48 bits per heavy atom. The monoisotopic (exact) mass is 302 g/mol. The highest BCUT2D eigenvalue weighted by molar-refractivity contribution is 5.74. The number of carboxylic acids is 1. The largest absolute Gasteiger partial charge is 0.481 e. The zero-order chi connectivity index (χ0) is 17.0. The molecule has 0 aliphatic heterocycles. The predicted molar refractivity (Wildman–Crippen MR) is 75.9 cm³/mol. The van der Waals surface area contributed by atoms with Crippen molar-refractivity contribution in [2.24, 2.45) is 22.7 Å². The third-order valence-corrected chi connectivity index (χ3v) is 4.00. The van der Waals surface area contributed by atoms with Crippen molar-refractivity contribution < 1.29 is 30.3 Å². The highest BCUT2D eigenvalue weighted by atomic mass is 16.5. The van der Waals surface area contributed by atoms with Crippen LogP contribution in [0.25, 0.3) is 0 Å². The maximum Gasteiger partial charge on any atom is 0.317 e. The van der Waals surface area contributed by atoms with Crippen molar-refractivity contribution in [3.63, 3.8) is 0 Å². The minimum absolute atomic E-state index is 0.0704. The lowest BCUT2D eigenvalue weighted by atomic mass is 9.60. The van der Waals surface area contributed by atoms with E-state index in [1.165, 1.54) is 6.08 Å². The Bertz CT molecular complexity index is 462. The normalized spacial score (nSPS) is 29.0. The molecule has 0 aromatic heterocycles. The van der Waals surface area contributed by atoms with Gasteiger partial charge in [-0.15, -0.1) is 0 Å². The van der Waals surface area contributed by atoms with Crippen LogP contribution < -0.4 is 0 Å². The maximum absolute atomic E-state index is 11.5. The molecule has 0 amide bonds. The smallest absolute Gasteiger partial charge is 0.317 e. The Labute approximate surface area is 124 Å². The number of carboxylic acid groups (broad SMARTS) is 1. The molecule has 2 unspecified atom stereocenters. The first-order chi connectivity index (χ1) is 9.04. The van der Waals surface area contributed by atoms with Crippen LogP contribution in [0, 0.1) is 22.7 Å². The summed E-state index contributed by atoms with van der Waals surface area (Å²) in [7, 11) is 0. The Morgan fingerprint density at radius 3 is 1.76 bits per heavy atom. The highest BCUT2D eigenvalue weighted by Gasteiger charge is 2.64. The molecule has 6 nitrogen and oxygen atoms in total. The number of hydrogen-bond donors (Lipinski definition) is 5. The van der Waals surface area contributed by atoms with Gasteiger partial charge in [0.25, 0.3) is 0 Å². The van der Waals surface area contributed by atoms with Crippen LogP contribution in [0.5, 0.6) is 0 Å². The van der Waals surface area contributed by atoms with Crippen LogP contribution in [0.4, 0.5) is 0 Å². The molecule has 1 aliphatic carbocycles. The fourth-order valence-corrected chi connectivity index (χ4v) is 3.09. The van der Waals surface area contributed by atoms with Crippen molar-refractivity contribution in [1.29, 1.82) is 0 Å². The predicted octanol–water partition coefficient (Wildman–Crippen LogP) is 0.697. The summed E-state index contributed by atoms with van der Waals surface area (Å²) < 4.78 is 0. The van der Waals surface area contributed by atoms with E-state index < -0.39 is 40.2 Å². The number of hydrogen-bond acceptors (Lipinski definition) is 5. The first-order valence-electron chi connectivity index (χ1n) is 6.89. The molecule has 0 heterocycles. The third kappa shape index (κ3) is 2.99. The van der Waals surface area contributed by atoms with Gasteiger partial charge < -0.3 is 25.5 Å². The molecule has 21 heavy (non-hydrogen) atoms. The minimum Gasteiger partial charge on any atom is -0.481 e. The number of aliphatic hydroxyl groups is 4. The van der Waals surface area contributed by atoms with Gasteiger partial charge in [-0.3, -0.25) is 4.79 Å². The van der Waals surface area contributed by atoms with Crippen LogP contribution in [0.3, 0.4) is 0 Å². The summed E-state index contributed by atoms with van der Waals surface area (Å²) in [5, 5.41) is 50.6. The maximum atomic E-state index is 11.5. The van der Waals surface area contributed by atoms with E-state index in [4.69, 9.17) is 0 Å². The number of rotatable bonds is 1. The summed E-state index contributed by atoms with van der Waals surface area (Å²) in [6.45, 7) is 10.3. The van der Waals surface area contributed by atoms with Gasteiger partial charge in [-0.2, -0.15) is 0 Å². The summed E-state index contributed by atoms with van der Waals surface area (Å²) in [6.07, 6.45) is 1.39. The van der Waals surface area contributed by atoms with Crippen molar-refractivity contribution in [3.8, 4) is 0 Å². The lowest BCUT2D eigenvalue weighted by molar-refractivity contribution is -0.316. The van der Waals surface area contributed by atoms with Gasteiger partial charge in [-0.1, -0.05) is 47.6 Å². The molecule has 5 N–H and O–H groups in total. The second-order valence-corrected chi connectivity index (χ2v) is 7.95. The van der Waals surface area contributed by atoms with Crippen LogP contribution >= 0.6 is 0 Å². The first kappa shape index (κ1) is 18.1. The average Bonchev–Trinajstić information content (AvgIpc) is 2.07. The second-order valence-electron chi connectivity index (χ2n) is 7.95. The molecule has 0 fully saturated rings. The molecule has 1 rings (SSSR count). The molecule has 0 spiro atoms. The molecule has 0 aromatic carbocycles. The van der Waals surface area contributed by atoms with Crippen LogP contribution in [-0.2, 0) is 4.79 Å². The molecule has 6 heteroatoms. The first-order valence-corrected chi connectivity index (χ1v) is 6.89. The van der Waals surface area contributed by atoms with E-state index in [0.29, 0.717) is 0 Å². The molecule has 1 aliphatic rings. The van der Waals surface area contributed by atoms with Crippen molar-refractivity contribution in [1.82, 2.24) is 0 Å². The topological polar surface area (TPSA) is 118 Å². The standard InChI is InChI=1S/C15H26O6/c1-12(2,3)8-7-9(13(4,5)6)15(20,21)10(11(16)17)14(8,18)19/h7-8,10,18-21H,1-6H3,(H,16,17). The van der Waals surface area contributed by atoms with Gasteiger partial charge in [0.2, 0.25) is 5.79 Å². The van der Waals surface area contributed by atoms with Crippen molar-refractivity contribution in [2.75, 3.05) is 0 Å². The molecular formula is C15H26O6. The average molecular weight is 302 g/mol. The minimum atomic E-state index is -2.84. The summed E-state index contributed by atoms with van der Waals surface area (Å²) in [4.78, 5) is 11.5. The molecule has 122 valence electrons. The zero-order valence-electron chi connectivity index (χ0n) is 13.4. The third-order valence-electron chi connectivity index (χ3n) is 4.00. The molecule has 0 radical (unpaired) electrons. The van der Waals surface area contributed by atoms with Crippen LogP contribution in [0.15, 0.2) is 11.6 Å². The van der Waals surface area contributed by atoms with Crippen LogP contribution in [0.2, 0.25) is 0 Å². The van der Waals surface area contributed by atoms with E-state index >= 15 is 0 Å². The summed E-state index contributed by atoms with van der Waals surface area (Å²) in [5.74, 6) is -10.4. The van der Waals surface area contributed by atoms with Gasteiger partial charge in [0.1, 0.15) is 0 Å². The van der Waals surface area contributed by atoms with E-state index in [2.05, 4.69) is 0 Å². The Morgan fingerprint density at radius 1 is 1.05 bits per heavy atom. The summed E-state index contributed by atoms with van der Waals surface area (Å²) in [5.41, 5.74) is -1.34. The van der Waals surface area contributed by atoms with E-state index in [-0.39, 0.29) is 5.57 Å². The van der Waals surface area contributed by atoms with Gasteiger partial charge in [-0.05, 0) is 16.4 Å². The SMILES string of the molecule is CC(C)(C)C1=CC(C(C)(C)C)C(O)(O)C(C(=O)O)C1(O)O. The summed E-state index contributed by atoms with van der Waals surface area (Å²) in [6, 6.07) is 0. The Balaban J connectivity index is 3.68. The molecule has 0 saturated carbocycles. The fourth-order valence-electron chi connectivity index (χ4n) is 3.09. The van der Waals surface area contributed by atoms with Crippen molar-refractivity contribution in [2.45, 2.75) is 53.1 Å². The Hall–Kier alpha value is -0.950. The van der Waals surface area contributed by atoms with Gasteiger partial charge >= 0.3 is 5.97 Å². The lowest BCUT2D eigenvalue weighted by Gasteiger charge is -2.51. The second kappa shape index (κ2) is 4.78. The molecular weight excluding hydrogens is 276 g/mol. The highest BCUT2D eigenvalue weighted by Crippen LogP contribution is 2.51. The number of carbonyl (C=O) groups is 1. The van der Waals surface area contributed by atoms with Crippen LogP contribution in [0.1, 0.15) is 41.5 Å². The molecule has 0 saturated heterocycles. The van der Waals surface area contributed by atoms with E-state index in [9.17, 15) is 30.3 Å². The quantitative estimate of drug-likeness (QED) is 0.359. The lowest BCUT2D eigenvalue weighted by Crippen LogP contribution is -2.65. The molecule has 2 atom stereocenters. The van der Waals surface area contributed by atoms with Crippen molar-refractivity contribution in [3.05, 3.63) is 11.6 Å². The fraction of sp³-hybridized carbons (Fsp3) is 0.800.